The van der Waals surface area contributed by atoms with Gasteiger partial charge in [-0.05, 0) is 31.0 Å². The highest BCUT2D eigenvalue weighted by molar-refractivity contribution is 7.84. The van der Waals surface area contributed by atoms with Crippen molar-refractivity contribution < 1.29 is 13.7 Å². The lowest BCUT2D eigenvalue weighted by Gasteiger charge is -2.10. The molecular weight excluding hydrogens is 250 g/mol. The molecule has 0 aliphatic rings. The lowest BCUT2D eigenvalue weighted by molar-refractivity contribution is -0.122. The standard InChI is InChI=1S/C13H19NO3S/c1-10-4-5-11(2)12(8-10)17-9-13(15)14-6-7-18(3)16/h4-5,8H,6-7,9H2,1-3H3,(H,14,15). The van der Waals surface area contributed by atoms with Crippen LogP contribution in [0.1, 0.15) is 11.1 Å². The molecule has 0 radical (unpaired) electrons. The first-order valence-corrected chi connectivity index (χ1v) is 7.48. The van der Waals surface area contributed by atoms with E-state index in [1.54, 1.807) is 6.26 Å². The Bertz CT molecular complexity index is 446. The maximum Gasteiger partial charge on any atom is 0.257 e. The lowest BCUT2D eigenvalue weighted by atomic mass is 10.1. The second-order valence-electron chi connectivity index (χ2n) is 4.18. The van der Waals surface area contributed by atoms with Crippen LogP contribution in [0.3, 0.4) is 0 Å². The van der Waals surface area contributed by atoms with Crippen LogP contribution in [-0.2, 0) is 15.6 Å². The molecule has 1 N–H and O–H groups in total. The van der Waals surface area contributed by atoms with E-state index in [0.717, 1.165) is 16.9 Å². The smallest absolute Gasteiger partial charge is 0.257 e. The number of aryl methyl sites for hydroxylation is 2. The first-order valence-electron chi connectivity index (χ1n) is 5.76. The van der Waals surface area contributed by atoms with Crippen molar-refractivity contribution >= 4 is 16.7 Å². The second kappa shape index (κ2) is 7.16. The number of nitrogens with one attached hydrogen (secondary N) is 1. The maximum atomic E-state index is 11.5. The average Bonchev–Trinajstić information content (AvgIpc) is 2.30. The van der Waals surface area contributed by atoms with Crippen LogP contribution in [0.15, 0.2) is 18.2 Å². The summed E-state index contributed by atoms with van der Waals surface area (Å²) in [5.41, 5.74) is 2.10. The number of ether oxygens (including phenoxy) is 1. The Kier molecular flexibility index (Phi) is 5.85. The molecule has 1 amide bonds. The van der Waals surface area contributed by atoms with Crippen molar-refractivity contribution in [1.29, 1.82) is 0 Å². The Morgan fingerprint density at radius 1 is 1.39 bits per heavy atom. The van der Waals surface area contributed by atoms with Gasteiger partial charge in [0.1, 0.15) is 5.75 Å². The maximum absolute atomic E-state index is 11.5. The third-order valence-corrected chi connectivity index (χ3v) is 3.19. The first-order chi connectivity index (χ1) is 8.49. The number of benzene rings is 1. The summed E-state index contributed by atoms with van der Waals surface area (Å²) < 4.78 is 16.3. The minimum Gasteiger partial charge on any atom is -0.483 e. The molecule has 0 aliphatic carbocycles. The Labute approximate surface area is 110 Å². The van der Waals surface area contributed by atoms with Gasteiger partial charge >= 0.3 is 0 Å². The van der Waals surface area contributed by atoms with Gasteiger partial charge in [-0.15, -0.1) is 0 Å². The van der Waals surface area contributed by atoms with E-state index in [9.17, 15) is 9.00 Å². The van der Waals surface area contributed by atoms with Gasteiger partial charge in [0.15, 0.2) is 6.61 Å². The molecule has 100 valence electrons. The third-order valence-electron chi connectivity index (χ3n) is 2.41. The van der Waals surface area contributed by atoms with E-state index in [2.05, 4.69) is 5.32 Å². The van der Waals surface area contributed by atoms with Crippen LogP contribution in [0.2, 0.25) is 0 Å². The van der Waals surface area contributed by atoms with E-state index in [1.165, 1.54) is 0 Å². The molecule has 1 atom stereocenters. The van der Waals surface area contributed by atoms with Crippen molar-refractivity contribution in [3.05, 3.63) is 29.3 Å². The van der Waals surface area contributed by atoms with E-state index in [0.29, 0.717) is 12.3 Å². The predicted molar refractivity (Wildman–Crippen MR) is 73.4 cm³/mol. The highest BCUT2D eigenvalue weighted by Crippen LogP contribution is 2.18. The summed E-state index contributed by atoms with van der Waals surface area (Å²) in [7, 11) is -0.884. The predicted octanol–water partition coefficient (Wildman–Crippen LogP) is 1.18. The molecule has 1 rings (SSSR count). The summed E-state index contributed by atoms with van der Waals surface area (Å²) in [6.07, 6.45) is 1.61. The molecule has 1 unspecified atom stereocenters. The van der Waals surface area contributed by atoms with Crippen molar-refractivity contribution in [3.8, 4) is 5.75 Å². The quantitative estimate of drug-likeness (QED) is 0.843. The van der Waals surface area contributed by atoms with Crippen LogP contribution < -0.4 is 10.1 Å². The normalized spacial score (nSPS) is 11.9. The summed E-state index contributed by atoms with van der Waals surface area (Å²) in [4.78, 5) is 11.5. The highest BCUT2D eigenvalue weighted by Gasteiger charge is 2.05. The largest absolute Gasteiger partial charge is 0.483 e. The second-order valence-corrected chi connectivity index (χ2v) is 5.74. The molecular formula is C13H19NO3S. The molecule has 0 saturated heterocycles. The zero-order chi connectivity index (χ0) is 13.5. The van der Waals surface area contributed by atoms with Gasteiger partial charge in [-0.2, -0.15) is 0 Å². The monoisotopic (exact) mass is 269 g/mol. The van der Waals surface area contributed by atoms with Gasteiger partial charge in [0.2, 0.25) is 0 Å². The fourth-order valence-corrected chi connectivity index (χ4v) is 1.78. The Hall–Kier alpha value is -1.36. The van der Waals surface area contributed by atoms with E-state index in [4.69, 9.17) is 4.74 Å². The molecule has 0 aliphatic heterocycles. The molecule has 4 nitrogen and oxygen atoms in total. The highest BCUT2D eigenvalue weighted by atomic mass is 32.2. The van der Waals surface area contributed by atoms with Crippen molar-refractivity contribution in [2.75, 3.05) is 25.2 Å². The van der Waals surface area contributed by atoms with Crippen LogP contribution in [0.4, 0.5) is 0 Å². The van der Waals surface area contributed by atoms with E-state index in [-0.39, 0.29) is 12.5 Å². The van der Waals surface area contributed by atoms with Crippen LogP contribution >= 0.6 is 0 Å². The van der Waals surface area contributed by atoms with Gasteiger partial charge < -0.3 is 10.1 Å². The summed E-state index contributed by atoms with van der Waals surface area (Å²) in [6, 6.07) is 5.87. The molecule has 0 spiro atoms. The van der Waals surface area contributed by atoms with Gasteiger partial charge in [0, 0.05) is 29.4 Å². The van der Waals surface area contributed by atoms with Crippen LogP contribution in [0.5, 0.6) is 5.75 Å². The molecule has 5 heteroatoms. The summed E-state index contributed by atoms with van der Waals surface area (Å²) in [5, 5.41) is 2.66. The number of amides is 1. The summed E-state index contributed by atoms with van der Waals surface area (Å²) in [6.45, 7) is 4.31. The molecule has 1 aromatic rings. The SMILES string of the molecule is Cc1ccc(C)c(OCC(=O)NCCS(C)=O)c1. The van der Waals surface area contributed by atoms with Gasteiger partial charge in [0.05, 0.1) is 0 Å². The zero-order valence-corrected chi connectivity index (χ0v) is 11.8. The number of rotatable bonds is 6. The Morgan fingerprint density at radius 2 is 2.11 bits per heavy atom. The van der Waals surface area contributed by atoms with Crippen molar-refractivity contribution in [1.82, 2.24) is 5.32 Å². The minimum absolute atomic E-state index is 0.0133. The molecule has 0 aromatic heterocycles. The van der Waals surface area contributed by atoms with Crippen molar-refractivity contribution in [3.63, 3.8) is 0 Å². The first kappa shape index (κ1) is 14.7. The van der Waals surface area contributed by atoms with Gasteiger partial charge in [0.25, 0.3) is 5.91 Å². The Morgan fingerprint density at radius 3 is 2.78 bits per heavy atom. The van der Waals surface area contributed by atoms with Crippen LogP contribution in [0.25, 0.3) is 0 Å². The van der Waals surface area contributed by atoms with E-state index >= 15 is 0 Å². The van der Waals surface area contributed by atoms with Gasteiger partial charge in [-0.25, -0.2) is 0 Å². The fraction of sp³-hybridized carbons (Fsp3) is 0.462. The molecule has 0 heterocycles. The van der Waals surface area contributed by atoms with Gasteiger partial charge in [-0.3, -0.25) is 9.00 Å². The summed E-state index contributed by atoms with van der Waals surface area (Å²) in [5.74, 6) is 1.00. The minimum atomic E-state index is -0.884. The van der Waals surface area contributed by atoms with Crippen LogP contribution in [-0.4, -0.2) is 35.3 Å². The van der Waals surface area contributed by atoms with Crippen molar-refractivity contribution in [2.45, 2.75) is 13.8 Å². The topological polar surface area (TPSA) is 55.4 Å². The van der Waals surface area contributed by atoms with Crippen molar-refractivity contribution in [2.24, 2.45) is 0 Å². The van der Waals surface area contributed by atoms with Crippen LogP contribution in [0, 0.1) is 13.8 Å². The molecule has 1 aromatic carbocycles. The number of hydrogen-bond donors (Lipinski definition) is 1. The zero-order valence-electron chi connectivity index (χ0n) is 11.0. The Balaban J connectivity index is 2.38. The van der Waals surface area contributed by atoms with E-state index in [1.807, 2.05) is 32.0 Å². The third kappa shape index (κ3) is 5.31. The average molecular weight is 269 g/mol. The molecule has 0 bridgehead atoms. The summed E-state index contributed by atoms with van der Waals surface area (Å²) >= 11 is 0. The molecule has 0 saturated carbocycles. The number of carbonyl (C=O) groups excluding carboxylic acids is 1. The molecule has 18 heavy (non-hydrogen) atoms. The number of hydrogen-bond acceptors (Lipinski definition) is 3. The fourth-order valence-electron chi connectivity index (χ4n) is 1.39. The number of carbonyl (C=O) groups is 1. The molecule has 0 fully saturated rings. The van der Waals surface area contributed by atoms with E-state index < -0.39 is 10.8 Å². The van der Waals surface area contributed by atoms with Gasteiger partial charge in [-0.1, -0.05) is 12.1 Å². The lowest BCUT2D eigenvalue weighted by Crippen LogP contribution is -2.31.